The molecule has 0 bridgehead atoms. The third-order valence-corrected chi connectivity index (χ3v) is 2.54. The Morgan fingerprint density at radius 2 is 2.25 bits per heavy atom. The number of hydrogen-bond donors (Lipinski definition) is 0. The smallest absolute Gasteiger partial charge is 0.190 e. The van der Waals surface area contributed by atoms with Crippen LogP contribution < -0.4 is 0 Å². The topological polar surface area (TPSA) is 17.1 Å². The third kappa shape index (κ3) is 2.60. The molecule has 1 aromatic rings. The van der Waals surface area contributed by atoms with Crippen LogP contribution in [0.1, 0.15) is 6.92 Å². The van der Waals surface area contributed by atoms with Gasteiger partial charge in [0, 0.05) is 11.8 Å². The van der Waals surface area contributed by atoms with Crippen molar-refractivity contribution in [3.63, 3.8) is 0 Å². The molecule has 0 N–H and O–H groups in total. The van der Waals surface area contributed by atoms with E-state index in [1.165, 1.54) is 13.0 Å². The summed E-state index contributed by atoms with van der Waals surface area (Å²) in [4.78, 5) is 11.4. The summed E-state index contributed by atoms with van der Waals surface area (Å²) in [6.45, 7) is 1.47. The van der Waals surface area contributed by atoms with Gasteiger partial charge in [-0.05, 0) is 34.1 Å². The molecule has 0 atom stereocenters. The molecular weight excluding hydrogens is 243 g/mol. The standard InChI is InChI=1S/C8H6BrFOS/c1-5(11)12-6-2-3-8(10)7(9)4-6/h2-4H,1H3. The largest absolute Gasteiger partial charge is 0.287 e. The Bertz CT molecular complexity index is 314. The van der Waals surface area contributed by atoms with Crippen molar-refractivity contribution in [2.45, 2.75) is 11.8 Å². The first-order chi connectivity index (χ1) is 5.59. The first-order valence-electron chi connectivity index (χ1n) is 3.23. The number of rotatable bonds is 1. The third-order valence-electron chi connectivity index (χ3n) is 1.15. The fraction of sp³-hybridized carbons (Fsp3) is 0.125. The Balaban J connectivity index is 2.89. The van der Waals surface area contributed by atoms with Crippen LogP contribution >= 0.6 is 27.7 Å². The fourth-order valence-corrected chi connectivity index (χ4v) is 1.88. The maximum Gasteiger partial charge on any atom is 0.190 e. The number of hydrogen-bond acceptors (Lipinski definition) is 2. The second-order valence-corrected chi connectivity index (χ2v) is 4.27. The summed E-state index contributed by atoms with van der Waals surface area (Å²) in [6, 6.07) is 4.49. The molecule has 0 saturated carbocycles. The molecule has 0 aromatic heterocycles. The van der Waals surface area contributed by atoms with Gasteiger partial charge in [0.2, 0.25) is 0 Å². The molecule has 0 unspecified atom stereocenters. The van der Waals surface area contributed by atoms with Gasteiger partial charge >= 0.3 is 0 Å². The second-order valence-electron chi connectivity index (χ2n) is 2.17. The Kier molecular flexibility index (Phi) is 3.29. The fourth-order valence-electron chi connectivity index (χ4n) is 0.706. The number of thioether (sulfide) groups is 1. The molecule has 0 saturated heterocycles. The normalized spacial score (nSPS) is 9.92. The van der Waals surface area contributed by atoms with E-state index in [0.29, 0.717) is 4.47 Å². The Labute approximate surface area is 82.5 Å². The summed E-state index contributed by atoms with van der Waals surface area (Å²) < 4.78 is 13.1. The van der Waals surface area contributed by atoms with Gasteiger partial charge in [0.15, 0.2) is 5.12 Å². The van der Waals surface area contributed by atoms with Crippen LogP contribution in [0.25, 0.3) is 0 Å². The molecule has 4 heteroatoms. The van der Waals surface area contributed by atoms with E-state index in [1.807, 2.05) is 0 Å². The molecule has 0 heterocycles. The van der Waals surface area contributed by atoms with E-state index in [4.69, 9.17) is 0 Å². The highest BCUT2D eigenvalue weighted by molar-refractivity contribution is 9.10. The minimum absolute atomic E-state index is 0.00601. The summed E-state index contributed by atoms with van der Waals surface area (Å²) in [5, 5.41) is -0.00601. The predicted molar refractivity (Wildman–Crippen MR) is 50.6 cm³/mol. The molecule has 0 fully saturated rings. The van der Waals surface area contributed by atoms with E-state index < -0.39 is 0 Å². The minimum atomic E-state index is -0.317. The van der Waals surface area contributed by atoms with Crippen molar-refractivity contribution in [3.05, 3.63) is 28.5 Å². The summed E-state index contributed by atoms with van der Waals surface area (Å²) in [5.74, 6) is -0.317. The maximum atomic E-state index is 12.7. The first-order valence-corrected chi connectivity index (χ1v) is 4.84. The highest BCUT2D eigenvalue weighted by atomic mass is 79.9. The van der Waals surface area contributed by atoms with Crippen molar-refractivity contribution in [1.82, 2.24) is 0 Å². The van der Waals surface area contributed by atoms with Crippen LogP contribution in [-0.4, -0.2) is 5.12 Å². The van der Waals surface area contributed by atoms with Crippen LogP contribution in [0.4, 0.5) is 4.39 Å². The van der Waals surface area contributed by atoms with Crippen LogP contribution in [0.15, 0.2) is 27.6 Å². The van der Waals surface area contributed by atoms with Crippen LogP contribution in [0.3, 0.4) is 0 Å². The number of carbonyl (C=O) groups is 1. The minimum Gasteiger partial charge on any atom is -0.287 e. The Morgan fingerprint density at radius 1 is 1.58 bits per heavy atom. The van der Waals surface area contributed by atoms with Gasteiger partial charge in [-0.15, -0.1) is 0 Å². The zero-order valence-electron chi connectivity index (χ0n) is 6.30. The van der Waals surface area contributed by atoms with E-state index in [2.05, 4.69) is 15.9 Å². The maximum absolute atomic E-state index is 12.7. The van der Waals surface area contributed by atoms with Crippen molar-refractivity contribution in [2.75, 3.05) is 0 Å². The highest BCUT2D eigenvalue weighted by Crippen LogP contribution is 2.24. The van der Waals surface area contributed by atoms with Gasteiger partial charge in [-0.2, -0.15) is 0 Å². The van der Waals surface area contributed by atoms with E-state index >= 15 is 0 Å². The zero-order valence-corrected chi connectivity index (χ0v) is 8.71. The molecule has 64 valence electrons. The molecule has 0 radical (unpaired) electrons. The van der Waals surface area contributed by atoms with Gasteiger partial charge in [-0.25, -0.2) is 4.39 Å². The SMILES string of the molecule is CC(=O)Sc1ccc(F)c(Br)c1. The zero-order chi connectivity index (χ0) is 9.14. The van der Waals surface area contributed by atoms with Crippen LogP contribution in [0.2, 0.25) is 0 Å². The molecule has 0 spiro atoms. The molecule has 0 aliphatic heterocycles. The lowest BCUT2D eigenvalue weighted by Crippen LogP contribution is -1.82. The molecule has 1 nitrogen and oxygen atoms in total. The molecule has 0 aliphatic rings. The lowest BCUT2D eigenvalue weighted by atomic mass is 10.3. The van der Waals surface area contributed by atoms with Crippen molar-refractivity contribution >= 4 is 32.8 Å². The number of halogens is 2. The van der Waals surface area contributed by atoms with Gasteiger partial charge in [-0.1, -0.05) is 11.8 Å². The Morgan fingerprint density at radius 3 is 2.75 bits per heavy atom. The van der Waals surface area contributed by atoms with Crippen molar-refractivity contribution in [3.8, 4) is 0 Å². The van der Waals surface area contributed by atoms with Gasteiger partial charge in [0.05, 0.1) is 4.47 Å². The molecule has 1 aromatic carbocycles. The van der Waals surface area contributed by atoms with E-state index in [0.717, 1.165) is 16.7 Å². The highest BCUT2D eigenvalue weighted by Gasteiger charge is 2.02. The van der Waals surface area contributed by atoms with Gasteiger partial charge in [-0.3, -0.25) is 4.79 Å². The average molecular weight is 249 g/mol. The van der Waals surface area contributed by atoms with Crippen LogP contribution in [0.5, 0.6) is 0 Å². The van der Waals surface area contributed by atoms with Gasteiger partial charge in [0.25, 0.3) is 0 Å². The predicted octanol–water partition coefficient (Wildman–Crippen LogP) is 3.23. The molecule has 12 heavy (non-hydrogen) atoms. The summed E-state index contributed by atoms with van der Waals surface area (Å²) in [7, 11) is 0. The lowest BCUT2D eigenvalue weighted by Gasteiger charge is -1.98. The summed E-state index contributed by atoms with van der Waals surface area (Å²) in [6.07, 6.45) is 0. The lowest BCUT2D eigenvalue weighted by molar-refractivity contribution is -0.109. The van der Waals surface area contributed by atoms with Crippen LogP contribution in [-0.2, 0) is 4.79 Å². The quantitative estimate of drug-likeness (QED) is 0.711. The van der Waals surface area contributed by atoms with E-state index in [-0.39, 0.29) is 10.9 Å². The first kappa shape index (κ1) is 9.74. The molecule has 0 amide bonds. The van der Waals surface area contributed by atoms with Crippen LogP contribution in [0, 0.1) is 5.82 Å². The average Bonchev–Trinajstić information content (AvgIpc) is 1.96. The monoisotopic (exact) mass is 248 g/mol. The van der Waals surface area contributed by atoms with Crippen molar-refractivity contribution < 1.29 is 9.18 Å². The van der Waals surface area contributed by atoms with Gasteiger partial charge in [0.1, 0.15) is 5.82 Å². The Hall–Kier alpha value is -0.350. The van der Waals surface area contributed by atoms with Crippen molar-refractivity contribution in [2.24, 2.45) is 0 Å². The molecule has 1 rings (SSSR count). The number of benzene rings is 1. The van der Waals surface area contributed by atoms with Crippen molar-refractivity contribution in [1.29, 1.82) is 0 Å². The summed E-state index contributed by atoms with van der Waals surface area (Å²) in [5.41, 5.74) is 0. The van der Waals surface area contributed by atoms with E-state index in [9.17, 15) is 9.18 Å². The second kappa shape index (κ2) is 4.05. The van der Waals surface area contributed by atoms with Gasteiger partial charge < -0.3 is 0 Å². The molecule has 0 aliphatic carbocycles. The molecular formula is C8H6BrFOS. The summed E-state index contributed by atoms with van der Waals surface area (Å²) >= 11 is 4.12. The van der Waals surface area contributed by atoms with E-state index in [1.54, 1.807) is 12.1 Å². The number of carbonyl (C=O) groups excluding carboxylic acids is 1.